The van der Waals surface area contributed by atoms with Crippen molar-refractivity contribution < 1.29 is 8.42 Å². The van der Waals surface area contributed by atoms with Gasteiger partial charge in [0.15, 0.2) is 0 Å². The van der Waals surface area contributed by atoms with E-state index in [-0.39, 0.29) is 6.04 Å². The van der Waals surface area contributed by atoms with Crippen LogP contribution in [0.5, 0.6) is 0 Å². The molecule has 0 amide bonds. The van der Waals surface area contributed by atoms with Crippen molar-refractivity contribution in [2.45, 2.75) is 64.0 Å². The van der Waals surface area contributed by atoms with Gasteiger partial charge in [-0.25, -0.2) is 23.1 Å². The average molecular weight is 413 g/mol. The smallest absolute Gasteiger partial charge is 0.226 e. The number of fused-ring (bicyclic) bond motifs is 2. The van der Waals surface area contributed by atoms with Crippen molar-refractivity contribution in [3.05, 3.63) is 40.6 Å². The van der Waals surface area contributed by atoms with E-state index in [9.17, 15) is 8.42 Å². The molecule has 0 spiro atoms. The zero-order chi connectivity index (χ0) is 20.2. The highest BCUT2D eigenvalue weighted by molar-refractivity contribution is 7.88. The number of aryl methyl sites for hydroxylation is 2. The Hall–Kier alpha value is -1.99. The summed E-state index contributed by atoms with van der Waals surface area (Å²) in [4.78, 5) is 12.2. The van der Waals surface area contributed by atoms with Crippen molar-refractivity contribution in [2.75, 3.05) is 17.7 Å². The first-order valence-corrected chi connectivity index (χ1v) is 12.5. The number of nitrogens with zero attached hydrogens (tertiary/aromatic N) is 3. The summed E-state index contributed by atoms with van der Waals surface area (Å²) < 4.78 is 26.3. The fourth-order valence-corrected chi connectivity index (χ4v) is 5.70. The van der Waals surface area contributed by atoms with Gasteiger partial charge in [0, 0.05) is 35.4 Å². The summed E-state index contributed by atoms with van der Waals surface area (Å²) in [6.07, 6.45) is 8.46. The standard InChI is InChI=1S/C22H28N4O2S/c1-14-11-12-26(14)22-23-19-7-4-6-18(19)21(24-22)16-9-10-17-15(13-16)5-3-8-20(17)25-29(2,27)28/h9-10,13-14,20,25H,3-8,11-12H2,1-2H3/t14-,20?/m0/s1. The Labute approximate surface area is 172 Å². The van der Waals surface area contributed by atoms with Gasteiger partial charge >= 0.3 is 0 Å². The second kappa shape index (κ2) is 7.06. The summed E-state index contributed by atoms with van der Waals surface area (Å²) in [5, 5.41) is 0. The highest BCUT2D eigenvalue weighted by atomic mass is 32.2. The van der Waals surface area contributed by atoms with E-state index in [1.807, 2.05) is 0 Å². The molecule has 1 N–H and O–H groups in total. The van der Waals surface area contributed by atoms with Crippen LogP contribution in [0, 0.1) is 0 Å². The van der Waals surface area contributed by atoms with Gasteiger partial charge in [0.25, 0.3) is 0 Å². The zero-order valence-electron chi connectivity index (χ0n) is 17.1. The van der Waals surface area contributed by atoms with Gasteiger partial charge in [-0.05, 0) is 69.1 Å². The molecule has 2 aromatic rings. The normalized spacial score (nSPS) is 23.4. The largest absolute Gasteiger partial charge is 0.338 e. The third kappa shape index (κ3) is 3.55. The van der Waals surface area contributed by atoms with Crippen molar-refractivity contribution >= 4 is 16.0 Å². The lowest BCUT2D eigenvalue weighted by Gasteiger charge is -2.39. The van der Waals surface area contributed by atoms with Gasteiger partial charge in [0.05, 0.1) is 11.9 Å². The molecule has 5 rings (SSSR count). The quantitative estimate of drug-likeness (QED) is 0.835. The molecule has 1 aromatic heterocycles. The maximum absolute atomic E-state index is 11.8. The molecular formula is C22H28N4O2S. The van der Waals surface area contributed by atoms with Crippen LogP contribution in [0.2, 0.25) is 0 Å². The molecule has 1 unspecified atom stereocenters. The maximum atomic E-state index is 11.8. The third-order valence-electron chi connectivity index (χ3n) is 6.59. The molecule has 1 saturated heterocycles. The van der Waals surface area contributed by atoms with Crippen molar-refractivity contribution in [3.63, 3.8) is 0 Å². The third-order valence-corrected chi connectivity index (χ3v) is 7.30. The number of hydrogen-bond acceptors (Lipinski definition) is 5. The SMILES string of the molecule is C[C@H]1CCN1c1nc2c(c(-c3ccc4c(c3)CCCC4NS(C)(=O)=O)n1)CCC2. The molecule has 154 valence electrons. The van der Waals surface area contributed by atoms with E-state index < -0.39 is 10.0 Å². The fraction of sp³-hybridized carbons (Fsp3) is 0.545. The molecule has 0 saturated carbocycles. The molecule has 6 nitrogen and oxygen atoms in total. The molecule has 7 heteroatoms. The van der Waals surface area contributed by atoms with E-state index in [0.717, 1.165) is 67.8 Å². The highest BCUT2D eigenvalue weighted by Gasteiger charge is 2.30. The van der Waals surface area contributed by atoms with Crippen molar-refractivity contribution in [1.82, 2.24) is 14.7 Å². The van der Waals surface area contributed by atoms with Crippen LogP contribution >= 0.6 is 0 Å². The molecule has 2 heterocycles. The molecule has 1 aliphatic heterocycles. The predicted molar refractivity (Wildman–Crippen MR) is 115 cm³/mol. The topological polar surface area (TPSA) is 75.2 Å². The van der Waals surface area contributed by atoms with E-state index in [1.54, 1.807) is 0 Å². The number of nitrogens with one attached hydrogen (secondary N) is 1. The number of hydrogen-bond donors (Lipinski definition) is 1. The van der Waals surface area contributed by atoms with Crippen LogP contribution in [0.25, 0.3) is 11.3 Å². The van der Waals surface area contributed by atoms with E-state index in [1.165, 1.54) is 29.5 Å². The Morgan fingerprint density at radius 3 is 2.69 bits per heavy atom. The van der Waals surface area contributed by atoms with Crippen LogP contribution in [-0.4, -0.2) is 37.2 Å². The minimum Gasteiger partial charge on any atom is -0.338 e. The Kier molecular flexibility index (Phi) is 4.62. The maximum Gasteiger partial charge on any atom is 0.226 e. The zero-order valence-corrected chi connectivity index (χ0v) is 17.9. The van der Waals surface area contributed by atoms with Gasteiger partial charge in [0.2, 0.25) is 16.0 Å². The Bertz CT molecular complexity index is 1070. The highest BCUT2D eigenvalue weighted by Crippen LogP contribution is 2.37. The summed E-state index contributed by atoms with van der Waals surface area (Å²) in [5.41, 5.74) is 7.05. The van der Waals surface area contributed by atoms with E-state index in [2.05, 4.69) is 34.7 Å². The van der Waals surface area contributed by atoms with Gasteiger partial charge in [-0.3, -0.25) is 0 Å². The van der Waals surface area contributed by atoms with Crippen LogP contribution < -0.4 is 9.62 Å². The molecule has 3 aliphatic rings. The number of aromatic nitrogens is 2. The van der Waals surface area contributed by atoms with Gasteiger partial charge in [-0.2, -0.15) is 0 Å². The number of benzene rings is 1. The predicted octanol–water partition coefficient (Wildman–Crippen LogP) is 3.16. The molecule has 2 aliphatic carbocycles. The lowest BCUT2D eigenvalue weighted by atomic mass is 9.86. The van der Waals surface area contributed by atoms with Gasteiger partial charge < -0.3 is 4.90 Å². The minimum absolute atomic E-state index is 0.128. The fourth-order valence-electron chi connectivity index (χ4n) is 4.94. The molecule has 1 aromatic carbocycles. The first-order valence-electron chi connectivity index (χ1n) is 10.7. The van der Waals surface area contributed by atoms with E-state index >= 15 is 0 Å². The monoisotopic (exact) mass is 412 g/mol. The lowest BCUT2D eigenvalue weighted by Crippen LogP contribution is -2.46. The van der Waals surface area contributed by atoms with Crippen LogP contribution in [0.1, 0.15) is 61.0 Å². The number of rotatable bonds is 4. The van der Waals surface area contributed by atoms with Gasteiger partial charge in [-0.15, -0.1) is 0 Å². The first-order chi connectivity index (χ1) is 13.9. The van der Waals surface area contributed by atoms with Crippen LogP contribution in [0.4, 0.5) is 5.95 Å². The Morgan fingerprint density at radius 2 is 1.97 bits per heavy atom. The lowest BCUT2D eigenvalue weighted by molar-refractivity contribution is 0.470. The summed E-state index contributed by atoms with van der Waals surface area (Å²) in [7, 11) is -3.23. The first kappa shape index (κ1) is 19.0. The second-order valence-electron chi connectivity index (χ2n) is 8.73. The van der Waals surface area contributed by atoms with Crippen LogP contribution in [0.3, 0.4) is 0 Å². The number of anilines is 1. The summed E-state index contributed by atoms with van der Waals surface area (Å²) >= 11 is 0. The van der Waals surface area contributed by atoms with Crippen LogP contribution in [0.15, 0.2) is 18.2 Å². The second-order valence-corrected chi connectivity index (χ2v) is 10.5. The van der Waals surface area contributed by atoms with Crippen molar-refractivity contribution in [1.29, 1.82) is 0 Å². The Balaban J connectivity index is 1.55. The summed E-state index contributed by atoms with van der Waals surface area (Å²) in [6, 6.07) is 6.83. The summed E-state index contributed by atoms with van der Waals surface area (Å²) in [6.45, 7) is 3.26. The molecule has 0 bridgehead atoms. The van der Waals surface area contributed by atoms with Gasteiger partial charge in [-0.1, -0.05) is 12.1 Å². The molecule has 0 radical (unpaired) electrons. The summed E-state index contributed by atoms with van der Waals surface area (Å²) in [5.74, 6) is 0.869. The molecule has 2 atom stereocenters. The number of sulfonamides is 1. The van der Waals surface area contributed by atoms with E-state index in [4.69, 9.17) is 9.97 Å². The molecular weight excluding hydrogens is 384 g/mol. The van der Waals surface area contributed by atoms with Crippen molar-refractivity contribution in [2.24, 2.45) is 0 Å². The van der Waals surface area contributed by atoms with Crippen molar-refractivity contribution in [3.8, 4) is 11.3 Å². The van der Waals surface area contributed by atoms with E-state index in [0.29, 0.717) is 6.04 Å². The Morgan fingerprint density at radius 1 is 1.10 bits per heavy atom. The van der Waals surface area contributed by atoms with Gasteiger partial charge in [0.1, 0.15) is 0 Å². The average Bonchev–Trinajstić information content (AvgIpc) is 3.13. The molecule has 1 fully saturated rings. The minimum atomic E-state index is -3.23. The molecule has 29 heavy (non-hydrogen) atoms. The van der Waals surface area contributed by atoms with Crippen LogP contribution in [-0.2, 0) is 29.3 Å².